The molecule has 0 atom stereocenters. The van der Waals surface area contributed by atoms with E-state index in [-0.39, 0.29) is 76.0 Å². The third-order valence-corrected chi connectivity index (χ3v) is 14.6. The van der Waals surface area contributed by atoms with Gasteiger partial charge in [0, 0.05) is 107 Å². The molecule has 4 aromatic carbocycles. The maximum Gasteiger partial charge on any atom is 0.134 e. The molecule has 0 fully saturated rings. The molecule has 6 nitrogen and oxygen atoms in total. The third-order valence-electron chi connectivity index (χ3n) is 14.6. The monoisotopic (exact) mass is 1110 g/mol. The van der Waals surface area contributed by atoms with E-state index < -0.39 is 0 Å². The van der Waals surface area contributed by atoms with Gasteiger partial charge < -0.3 is 20.2 Å². The van der Waals surface area contributed by atoms with E-state index in [1.54, 1.807) is 0 Å². The van der Waals surface area contributed by atoms with Crippen molar-refractivity contribution in [3.05, 3.63) is 128 Å². The molecule has 4 rings (SSSR count). The second kappa shape index (κ2) is 25.1. The second-order valence-electron chi connectivity index (χ2n) is 30.5. The zero-order valence-electron chi connectivity index (χ0n) is 53.2. The van der Waals surface area contributed by atoms with E-state index >= 15 is 0 Å². The maximum atomic E-state index is 11.5. The van der Waals surface area contributed by atoms with Gasteiger partial charge in [-0.1, -0.05) is 189 Å². The van der Waals surface area contributed by atoms with Gasteiger partial charge >= 0.3 is 0 Å². The van der Waals surface area contributed by atoms with Crippen LogP contribution in [-0.2, 0) is 102 Å². The summed E-state index contributed by atoms with van der Waals surface area (Å²) in [5.74, 6) is 1.23. The van der Waals surface area contributed by atoms with Gasteiger partial charge in [-0.3, -0.25) is 9.80 Å². The number of phenols is 3. The Hall–Kier alpha value is -2.87. The summed E-state index contributed by atoms with van der Waals surface area (Å²) in [6, 6.07) is 17.9. The van der Waals surface area contributed by atoms with Gasteiger partial charge in [0.1, 0.15) is 22.8 Å². The minimum atomic E-state index is -0.171. The number of likely N-dealkylation sites (N-methyl/N-ethyl adjacent to an activating group) is 1. The predicted octanol–water partition coefficient (Wildman–Crippen LogP) is 17.0. The number of hydrogen-bond donors (Lipinski definition) is 3. The summed E-state index contributed by atoms with van der Waals surface area (Å²) in [4.78, 5) is 7.03. The summed E-state index contributed by atoms with van der Waals surface area (Å²) in [5.41, 5.74) is 14.4. The molecule has 0 unspecified atom stereocenters. The van der Waals surface area contributed by atoms with Crippen LogP contribution >= 0.6 is 0 Å². The first-order chi connectivity index (χ1) is 33.2. The zero-order chi connectivity index (χ0) is 57.3. The summed E-state index contributed by atoms with van der Waals surface area (Å²) in [5, 5.41) is 34.4. The van der Waals surface area contributed by atoms with Crippen molar-refractivity contribution in [2.24, 2.45) is 0 Å². The minimum absolute atomic E-state index is 0. The Morgan fingerprint density at radius 2 is 0.587 bits per heavy atom. The molecule has 0 aliphatic carbocycles. The van der Waals surface area contributed by atoms with Crippen molar-refractivity contribution in [1.82, 2.24) is 14.7 Å². The first kappa shape index (κ1) is 68.2. The molecule has 0 saturated carbocycles. The third kappa shape index (κ3) is 19.2. The number of nitrogens with zero attached hydrogens (tertiary/aromatic N) is 3. The molecule has 4 aromatic rings. The average molecular weight is 1110 g/mol. The predicted molar refractivity (Wildman–Crippen MR) is 322 cm³/mol. The van der Waals surface area contributed by atoms with E-state index in [0.717, 1.165) is 78.1 Å². The van der Waals surface area contributed by atoms with E-state index in [2.05, 4.69) is 257 Å². The van der Waals surface area contributed by atoms with E-state index in [0.29, 0.717) is 30.3 Å². The van der Waals surface area contributed by atoms with Gasteiger partial charge in [0.2, 0.25) is 0 Å². The fraction of sp³-hybridized carbons (Fsp3) is 0.632. The van der Waals surface area contributed by atoms with Gasteiger partial charge in [0.15, 0.2) is 0 Å². The number of phenolic OH excluding ortho intramolecular Hbond substituents is 3. The van der Waals surface area contributed by atoms with Crippen LogP contribution in [0.1, 0.15) is 252 Å². The minimum Gasteiger partial charge on any atom is -0.507 e. The summed E-state index contributed by atoms with van der Waals surface area (Å²) >= 11 is 0. The summed E-state index contributed by atoms with van der Waals surface area (Å²) < 4.78 is 0. The molecule has 0 spiro atoms. The van der Waals surface area contributed by atoms with Crippen molar-refractivity contribution in [3.8, 4) is 17.2 Å². The fourth-order valence-corrected chi connectivity index (χ4v) is 9.48. The van der Waals surface area contributed by atoms with Crippen molar-refractivity contribution in [1.29, 1.82) is 0 Å². The standard InChI is InChI=1S/C34H56N2O2.C34H53NO.Y/c1-31(2,3)25-17-23(29(37)27(19-25)33(7,8)9)21-36(16-15-35(13)14)22-24-18-26(32(4,5)6)20-28(30(24)38)34(10,11)12;1-15-16-35(21-24-17-26(31(3,4)5)19-28(23(24)2)33(9,10)11)22-25-18-27(32(6,7)8)20-29(30(25)36)34(12,13)14;/h17-20,37-38H,15-16,21-22H2,1-14H3;17-20H,2,15-16,21-22H2,1,3-14H3;/p+1. The van der Waals surface area contributed by atoms with Gasteiger partial charge in [-0.25, -0.2) is 0 Å². The molecule has 0 aliphatic rings. The summed E-state index contributed by atoms with van der Waals surface area (Å²) in [6.45, 7) is 65.5. The zero-order valence-corrected chi connectivity index (χ0v) is 56.1. The number of rotatable bonds is 13. The molecule has 0 aromatic heterocycles. The van der Waals surface area contributed by atoms with Crippen LogP contribution < -0.4 is 0 Å². The molecule has 3 N–H and O–H groups in total. The smallest absolute Gasteiger partial charge is 0.134 e. The van der Waals surface area contributed by atoms with Crippen LogP contribution in [0.5, 0.6) is 17.2 Å². The van der Waals surface area contributed by atoms with Crippen molar-refractivity contribution >= 4 is 0 Å². The molecule has 0 amide bonds. The van der Waals surface area contributed by atoms with Crippen LogP contribution in [-0.4, -0.2) is 63.7 Å². The topological polar surface area (TPSA) is 70.4 Å². The summed E-state index contributed by atoms with van der Waals surface area (Å²) in [7, 11) is 4.17. The first-order valence-electron chi connectivity index (χ1n) is 27.9. The molecule has 75 heavy (non-hydrogen) atoms. The fourth-order valence-electron chi connectivity index (χ4n) is 9.48. The molecular formula is C68H110N3O3Y+. The van der Waals surface area contributed by atoms with Crippen LogP contribution in [0.2, 0.25) is 0 Å². The quantitative estimate of drug-likeness (QED) is 0.116. The largest absolute Gasteiger partial charge is 0.507 e. The van der Waals surface area contributed by atoms with Gasteiger partial charge in [0.25, 0.3) is 0 Å². The Bertz CT molecular complexity index is 2350. The van der Waals surface area contributed by atoms with Gasteiger partial charge in [0.05, 0.1) is 17.7 Å². The maximum absolute atomic E-state index is 11.5. The van der Waals surface area contributed by atoms with Crippen LogP contribution in [0.3, 0.4) is 0 Å². The van der Waals surface area contributed by atoms with Gasteiger partial charge in [-0.15, -0.1) is 0 Å². The van der Waals surface area contributed by atoms with E-state index in [9.17, 15) is 15.3 Å². The van der Waals surface area contributed by atoms with Gasteiger partial charge in [-0.2, -0.15) is 0 Å². The molecule has 0 aliphatic heterocycles. The molecule has 0 heterocycles. The Labute approximate surface area is 487 Å². The van der Waals surface area contributed by atoms with Crippen LogP contribution in [0.4, 0.5) is 0 Å². The number of benzene rings is 4. The Morgan fingerprint density at radius 3 is 0.827 bits per heavy atom. The van der Waals surface area contributed by atoms with E-state index in [4.69, 9.17) is 0 Å². The SMILES string of the molecule is CN(C)CCN(Cc1cc(C(C)(C)C)cc(C(C)(C)C)c1O)Cc1cc(C(C)(C)C)cc(C(C)(C)C)c1O.[CH2+]c1c(CN(CCC)Cc2cc(C(C)(C)C)cc(C(C)(C)C)c2O)cc(C(C)(C)C)cc1C(C)(C)C.[Y]. The molecule has 7 heteroatoms. The second-order valence-corrected chi connectivity index (χ2v) is 30.5. The van der Waals surface area contributed by atoms with E-state index in [1.807, 2.05) is 0 Å². The van der Waals surface area contributed by atoms with Crippen molar-refractivity contribution in [3.63, 3.8) is 0 Å². The van der Waals surface area contributed by atoms with Crippen molar-refractivity contribution in [2.75, 3.05) is 33.7 Å². The van der Waals surface area contributed by atoms with E-state index in [1.165, 1.54) is 33.4 Å². The molecule has 0 saturated heterocycles. The molecular weight excluding hydrogens is 996 g/mol. The van der Waals surface area contributed by atoms with Crippen molar-refractivity contribution < 1.29 is 48.0 Å². The molecule has 1 radical (unpaired) electrons. The van der Waals surface area contributed by atoms with Crippen LogP contribution in [0.25, 0.3) is 0 Å². The molecule has 417 valence electrons. The van der Waals surface area contributed by atoms with Crippen LogP contribution in [0, 0.1) is 6.92 Å². The van der Waals surface area contributed by atoms with Crippen LogP contribution in [0.15, 0.2) is 48.5 Å². The average Bonchev–Trinajstić information content (AvgIpc) is 3.19. The number of hydrogen-bond acceptors (Lipinski definition) is 6. The van der Waals surface area contributed by atoms with Crippen molar-refractivity contribution in [2.45, 2.75) is 249 Å². The Morgan fingerprint density at radius 1 is 0.347 bits per heavy atom. The number of aromatic hydroxyl groups is 3. The Kier molecular flexibility index (Phi) is 22.8. The normalized spacial score (nSPS) is 13.4. The Balaban J connectivity index is 0.000000507. The molecule has 0 bridgehead atoms. The van der Waals surface area contributed by atoms with Gasteiger partial charge in [-0.05, 0) is 125 Å². The first-order valence-corrected chi connectivity index (χ1v) is 27.9. The summed E-state index contributed by atoms with van der Waals surface area (Å²) in [6.07, 6.45) is 1.06.